The van der Waals surface area contributed by atoms with Gasteiger partial charge in [0.15, 0.2) is 11.4 Å². The van der Waals surface area contributed by atoms with Crippen molar-refractivity contribution in [2.45, 2.75) is 0 Å². The van der Waals surface area contributed by atoms with E-state index in [1.54, 1.807) is 48.5 Å². The van der Waals surface area contributed by atoms with Gasteiger partial charge in [-0.05, 0) is 99.1 Å². The highest BCUT2D eigenvalue weighted by Crippen LogP contribution is 2.47. The van der Waals surface area contributed by atoms with Crippen LogP contribution in [0.2, 0.25) is 0 Å². The maximum atomic E-state index is 15.8. The Morgan fingerprint density at radius 2 is 0.897 bits per heavy atom. The molecule has 0 saturated heterocycles. The van der Waals surface area contributed by atoms with Gasteiger partial charge in [0.05, 0.1) is 69.9 Å². The zero-order chi connectivity index (χ0) is 46.5. The van der Waals surface area contributed by atoms with Crippen LogP contribution >= 0.6 is 0 Å². The van der Waals surface area contributed by atoms with Crippen LogP contribution in [0.1, 0.15) is 31.8 Å². The summed E-state index contributed by atoms with van der Waals surface area (Å²) in [5, 5.41) is 21.5. The lowest BCUT2D eigenvalue weighted by Gasteiger charge is -2.24. The molecular weight excluding hydrogens is 837 g/mol. The van der Waals surface area contributed by atoms with E-state index in [4.69, 9.17) is 13.1 Å². The summed E-state index contributed by atoms with van der Waals surface area (Å²) in [5.74, 6) is -0.952. The second-order valence-electron chi connectivity index (χ2n) is 16.4. The van der Waals surface area contributed by atoms with Crippen molar-refractivity contribution in [1.29, 1.82) is 10.5 Å². The van der Waals surface area contributed by atoms with Crippen LogP contribution in [0.25, 0.3) is 92.8 Å². The third-order valence-corrected chi connectivity index (χ3v) is 12.5. The number of anilines is 1. The standard InChI is InChI=1S/C60H32N6O2/c1-63-47-28-45(29-48(34-47)64-2)43-22-24-50-49-23-21-42(44-26-37(35-61)25-38(27-44)36-62)32-55(49)65(56(50)33-43)54-20-12-19-51-57(54)60(68)66(59(51)67)58-52(40-15-8-4-9-16-40)30-46(39-13-6-3-7-14-39)31-53(58)41-17-10-5-11-18-41/h3-34H. The summed E-state index contributed by atoms with van der Waals surface area (Å²) in [6.45, 7) is 15.5. The van der Waals surface area contributed by atoms with Crippen molar-refractivity contribution in [3.05, 3.63) is 239 Å². The van der Waals surface area contributed by atoms with Crippen LogP contribution in [0.4, 0.5) is 17.1 Å². The minimum atomic E-state index is -0.489. The smallest absolute Gasteiger partial charge is 0.268 e. The zero-order valence-electron chi connectivity index (χ0n) is 36.0. The monoisotopic (exact) mass is 868 g/mol. The molecule has 11 rings (SSSR count). The molecule has 9 aromatic carbocycles. The maximum Gasteiger partial charge on any atom is 0.268 e. The number of benzene rings is 9. The fraction of sp³-hybridized carbons (Fsp3) is 0. The van der Waals surface area contributed by atoms with E-state index in [1.165, 1.54) is 4.90 Å². The second kappa shape index (κ2) is 16.5. The fourth-order valence-corrected chi connectivity index (χ4v) is 9.46. The van der Waals surface area contributed by atoms with Crippen LogP contribution in [0, 0.1) is 35.8 Å². The molecule has 1 aliphatic heterocycles. The quantitative estimate of drug-likeness (QED) is 0.118. The Morgan fingerprint density at radius 1 is 0.412 bits per heavy atom. The Bertz CT molecular complexity index is 3680. The Balaban J connectivity index is 1.18. The van der Waals surface area contributed by atoms with Gasteiger partial charge in [0.1, 0.15) is 0 Å². The Labute approximate surface area is 391 Å². The van der Waals surface area contributed by atoms with Gasteiger partial charge in [-0.25, -0.2) is 14.6 Å². The average molecular weight is 869 g/mol. The van der Waals surface area contributed by atoms with Crippen LogP contribution in [0.3, 0.4) is 0 Å². The van der Waals surface area contributed by atoms with E-state index in [-0.39, 0.29) is 11.1 Å². The van der Waals surface area contributed by atoms with Gasteiger partial charge in [0.25, 0.3) is 11.8 Å². The highest BCUT2D eigenvalue weighted by molar-refractivity contribution is 6.37. The molecular formula is C60H32N6O2. The highest BCUT2D eigenvalue weighted by atomic mass is 16.2. The van der Waals surface area contributed by atoms with Crippen LogP contribution in [-0.2, 0) is 0 Å². The molecule has 0 radical (unpaired) electrons. The number of imide groups is 1. The molecule has 0 unspecified atom stereocenters. The molecule has 0 aliphatic carbocycles. The molecule has 2 amide bonds. The number of amides is 2. The summed E-state index contributed by atoms with van der Waals surface area (Å²) in [7, 11) is 0. The highest BCUT2D eigenvalue weighted by Gasteiger charge is 2.42. The van der Waals surface area contributed by atoms with Crippen molar-refractivity contribution >= 4 is 50.7 Å². The number of carbonyl (C=O) groups excluding carboxylic acids is 2. The lowest BCUT2D eigenvalue weighted by Crippen LogP contribution is -2.30. The van der Waals surface area contributed by atoms with Crippen molar-refractivity contribution in [3.63, 3.8) is 0 Å². The third kappa shape index (κ3) is 6.75. The van der Waals surface area contributed by atoms with Gasteiger partial charge in [0, 0.05) is 21.9 Å². The summed E-state index contributed by atoms with van der Waals surface area (Å²) in [6.07, 6.45) is 0. The summed E-state index contributed by atoms with van der Waals surface area (Å²) in [4.78, 5) is 39.6. The lowest BCUT2D eigenvalue weighted by atomic mass is 9.90. The molecule has 68 heavy (non-hydrogen) atoms. The first-order chi connectivity index (χ1) is 33.3. The lowest BCUT2D eigenvalue weighted by molar-refractivity contribution is 0.0926. The van der Waals surface area contributed by atoms with E-state index >= 15 is 9.59 Å². The summed E-state index contributed by atoms with van der Waals surface area (Å²) < 4.78 is 1.99. The van der Waals surface area contributed by atoms with E-state index in [9.17, 15) is 10.5 Å². The first-order valence-corrected chi connectivity index (χ1v) is 21.7. The number of carbonyl (C=O) groups is 2. The van der Waals surface area contributed by atoms with E-state index in [1.807, 2.05) is 150 Å². The molecule has 1 aliphatic rings. The molecule has 8 heteroatoms. The number of aromatic nitrogens is 1. The predicted molar refractivity (Wildman–Crippen MR) is 267 cm³/mol. The largest absolute Gasteiger partial charge is 0.308 e. The van der Waals surface area contributed by atoms with Crippen molar-refractivity contribution in [3.8, 4) is 73.5 Å². The predicted octanol–water partition coefficient (Wildman–Crippen LogP) is 14.8. The van der Waals surface area contributed by atoms with Gasteiger partial charge >= 0.3 is 0 Å². The molecule has 314 valence electrons. The molecule has 1 aromatic heterocycles. The van der Waals surface area contributed by atoms with Crippen LogP contribution in [-0.4, -0.2) is 16.4 Å². The van der Waals surface area contributed by atoms with Crippen LogP contribution in [0.5, 0.6) is 0 Å². The van der Waals surface area contributed by atoms with E-state index in [0.717, 1.165) is 44.2 Å². The topological polar surface area (TPSA) is 98.6 Å². The van der Waals surface area contributed by atoms with E-state index < -0.39 is 11.8 Å². The molecule has 0 bridgehead atoms. The van der Waals surface area contributed by atoms with Gasteiger partial charge < -0.3 is 4.57 Å². The SMILES string of the molecule is [C-]#[N+]c1cc([N+]#[C-])cc(-c2ccc3c4ccc(-c5cc(C#N)cc(C#N)c5)cc4n(-c4cccc5c4C(=O)N(c4c(-c6ccccc6)cc(-c6ccccc6)cc4-c4ccccc4)C5=O)c3c2)c1. The number of fused-ring (bicyclic) bond motifs is 4. The number of nitrogens with zero attached hydrogens (tertiary/aromatic N) is 6. The van der Waals surface area contributed by atoms with E-state index in [0.29, 0.717) is 67.2 Å². The molecule has 0 N–H and O–H groups in total. The average Bonchev–Trinajstić information content (AvgIpc) is 3.87. The number of nitriles is 2. The van der Waals surface area contributed by atoms with Crippen LogP contribution < -0.4 is 4.90 Å². The van der Waals surface area contributed by atoms with Gasteiger partial charge in [0.2, 0.25) is 0 Å². The van der Waals surface area contributed by atoms with Crippen molar-refractivity contribution in [2.75, 3.05) is 4.90 Å². The normalized spacial score (nSPS) is 11.8. The first-order valence-electron chi connectivity index (χ1n) is 21.7. The van der Waals surface area contributed by atoms with E-state index in [2.05, 4.69) is 21.8 Å². The van der Waals surface area contributed by atoms with Gasteiger partial charge in [-0.3, -0.25) is 9.59 Å². The molecule has 0 saturated carbocycles. The minimum absolute atomic E-state index is 0.223. The minimum Gasteiger partial charge on any atom is -0.308 e. The number of rotatable bonds is 7. The van der Waals surface area contributed by atoms with Crippen molar-refractivity contribution < 1.29 is 9.59 Å². The van der Waals surface area contributed by atoms with Gasteiger partial charge in [-0.1, -0.05) is 140 Å². The molecule has 2 heterocycles. The molecule has 0 atom stereocenters. The summed E-state index contributed by atoms with van der Waals surface area (Å²) in [6, 6.07) is 65.3. The number of hydrogen-bond donors (Lipinski definition) is 0. The van der Waals surface area contributed by atoms with Gasteiger partial charge in [-0.2, -0.15) is 10.5 Å². The first kappa shape index (κ1) is 40.6. The molecule has 8 nitrogen and oxygen atoms in total. The van der Waals surface area contributed by atoms with Crippen molar-refractivity contribution in [2.24, 2.45) is 0 Å². The molecule has 0 spiro atoms. The summed E-state index contributed by atoms with van der Waals surface area (Å²) in [5.41, 5.74) is 12.0. The summed E-state index contributed by atoms with van der Waals surface area (Å²) >= 11 is 0. The molecule has 10 aromatic rings. The Hall–Kier alpha value is -10.1. The van der Waals surface area contributed by atoms with Crippen molar-refractivity contribution in [1.82, 2.24) is 4.57 Å². The fourth-order valence-electron chi connectivity index (χ4n) is 9.46. The maximum absolute atomic E-state index is 15.8. The number of hydrogen-bond acceptors (Lipinski definition) is 4. The Kier molecular flexibility index (Phi) is 9.84. The van der Waals surface area contributed by atoms with Crippen LogP contribution in [0.15, 0.2) is 194 Å². The molecule has 0 fully saturated rings. The van der Waals surface area contributed by atoms with Gasteiger partial charge in [-0.15, -0.1) is 0 Å². The second-order valence-corrected chi connectivity index (χ2v) is 16.4. The Morgan fingerprint density at radius 3 is 1.40 bits per heavy atom. The third-order valence-electron chi connectivity index (χ3n) is 12.5. The zero-order valence-corrected chi connectivity index (χ0v) is 36.0.